The van der Waals surface area contributed by atoms with Gasteiger partial charge in [0.1, 0.15) is 12.0 Å². The topological polar surface area (TPSA) is 68.8 Å². The molecule has 0 aliphatic carbocycles. The fraction of sp³-hybridized carbons (Fsp3) is 0.0189. The van der Waals surface area contributed by atoms with E-state index in [1.807, 2.05) is 60.8 Å². The molecule has 0 radical (unpaired) electrons. The summed E-state index contributed by atoms with van der Waals surface area (Å²) in [5.74, 6) is 0.879. The van der Waals surface area contributed by atoms with E-state index in [1.165, 1.54) is 5.39 Å². The summed E-state index contributed by atoms with van der Waals surface area (Å²) in [5, 5.41) is 9.15. The Bertz CT molecular complexity index is 3140. The van der Waals surface area contributed by atoms with Gasteiger partial charge < -0.3 is 11.1 Å². The highest BCUT2D eigenvalue weighted by Crippen LogP contribution is 2.40. The summed E-state index contributed by atoms with van der Waals surface area (Å²) >= 11 is 0. The van der Waals surface area contributed by atoms with Gasteiger partial charge in [-0.2, -0.15) is 0 Å². The average molecular weight is 746 g/mol. The summed E-state index contributed by atoms with van der Waals surface area (Å²) < 4.78 is 2.34. The third-order valence-electron chi connectivity index (χ3n) is 11.0. The Kier molecular flexibility index (Phi) is 8.90. The maximum Gasteiger partial charge on any atom is 0.145 e. The second-order valence-corrected chi connectivity index (χ2v) is 14.5. The molecule has 0 fully saturated rings. The van der Waals surface area contributed by atoms with Gasteiger partial charge in [-0.3, -0.25) is 9.55 Å². The highest BCUT2D eigenvalue weighted by atomic mass is 15.1. The molecular weight excluding hydrogens is 707 g/mol. The van der Waals surface area contributed by atoms with Gasteiger partial charge >= 0.3 is 0 Å². The Morgan fingerprint density at radius 2 is 1.14 bits per heavy atom. The molecule has 0 spiro atoms. The normalized spacial score (nSPS) is 12.3. The number of hydrogen-bond donors (Lipinski definition) is 2. The van der Waals surface area contributed by atoms with Gasteiger partial charge in [-0.25, -0.2) is 4.98 Å². The maximum absolute atomic E-state index is 6.69. The van der Waals surface area contributed by atoms with Crippen molar-refractivity contribution in [3.05, 3.63) is 224 Å². The van der Waals surface area contributed by atoms with E-state index in [0.29, 0.717) is 0 Å². The van der Waals surface area contributed by atoms with E-state index < -0.39 is 6.17 Å². The van der Waals surface area contributed by atoms with E-state index in [-0.39, 0.29) is 0 Å². The van der Waals surface area contributed by atoms with Crippen molar-refractivity contribution in [2.24, 2.45) is 5.73 Å². The summed E-state index contributed by atoms with van der Waals surface area (Å²) in [6, 6.07) is 65.3. The van der Waals surface area contributed by atoms with Crippen LogP contribution >= 0.6 is 0 Å². The number of rotatable bonds is 9. The zero-order valence-corrected chi connectivity index (χ0v) is 31.8. The standard InChI is InChI=1S/C53H39N5/c1-35(36-14-4-2-5-15-36)34-47(56-52(54)41-17-6-3-7-18-41)40-29-25-37(26-30-40)38-27-31-42(32-28-38)53-57-50-45-22-11-10-21-44(45)49-46(23-13-33-55-49)51(50)58(53)48-24-12-19-39-16-8-9-20-43(39)48/h2-34,52,56H,1,54H2/b47-34-. The minimum Gasteiger partial charge on any atom is -0.366 e. The lowest BCUT2D eigenvalue weighted by atomic mass is 9.99. The van der Waals surface area contributed by atoms with E-state index in [4.69, 9.17) is 15.7 Å². The van der Waals surface area contributed by atoms with Crippen LogP contribution in [0.3, 0.4) is 0 Å². The van der Waals surface area contributed by atoms with Crippen molar-refractivity contribution in [1.82, 2.24) is 19.9 Å². The molecule has 0 saturated heterocycles. The summed E-state index contributed by atoms with van der Waals surface area (Å²) in [6.45, 7) is 4.39. The molecule has 1 atom stereocenters. The number of hydrogen-bond acceptors (Lipinski definition) is 4. The van der Waals surface area contributed by atoms with Crippen LogP contribution in [0.1, 0.15) is 22.9 Å². The molecule has 0 aliphatic heterocycles. The lowest BCUT2D eigenvalue weighted by molar-refractivity contribution is 0.667. The van der Waals surface area contributed by atoms with E-state index in [9.17, 15) is 0 Å². The first-order valence-corrected chi connectivity index (χ1v) is 19.5. The Morgan fingerprint density at radius 1 is 0.552 bits per heavy atom. The van der Waals surface area contributed by atoms with Crippen LogP contribution in [0.4, 0.5) is 0 Å². The number of aromatic nitrogens is 3. The van der Waals surface area contributed by atoms with Crippen LogP contribution in [0.25, 0.3) is 83.0 Å². The number of benzene rings is 8. The number of imidazole rings is 1. The average Bonchev–Trinajstić information content (AvgIpc) is 3.70. The van der Waals surface area contributed by atoms with Crippen LogP contribution in [-0.4, -0.2) is 14.5 Å². The third-order valence-corrected chi connectivity index (χ3v) is 11.0. The fourth-order valence-corrected chi connectivity index (χ4v) is 8.08. The monoisotopic (exact) mass is 745 g/mol. The second-order valence-electron chi connectivity index (χ2n) is 14.5. The molecule has 2 heterocycles. The molecule has 0 amide bonds. The molecule has 5 heteroatoms. The molecule has 58 heavy (non-hydrogen) atoms. The summed E-state index contributed by atoms with van der Waals surface area (Å²) in [5.41, 5.74) is 18.9. The molecule has 276 valence electrons. The second kappa shape index (κ2) is 14.8. The van der Waals surface area contributed by atoms with E-state index in [0.717, 1.165) is 94.3 Å². The third kappa shape index (κ3) is 6.30. The van der Waals surface area contributed by atoms with Gasteiger partial charge in [-0.15, -0.1) is 0 Å². The minimum atomic E-state index is -0.395. The van der Waals surface area contributed by atoms with Crippen molar-refractivity contribution >= 4 is 54.8 Å². The van der Waals surface area contributed by atoms with Gasteiger partial charge in [0.05, 0.1) is 22.2 Å². The number of pyridine rings is 1. The Hall–Kier alpha value is -7.60. The van der Waals surface area contributed by atoms with E-state index in [2.05, 4.69) is 156 Å². The summed E-state index contributed by atoms with van der Waals surface area (Å²) in [7, 11) is 0. The first-order valence-electron chi connectivity index (χ1n) is 19.5. The van der Waals surface area contributed by atoms with Crippen LogP contribution in [-0.2, 0) is 0 Å². The van der Waals surface area contributed by atoms with Crippen LogP contribution < -0.4 is 11.1 Å². The molecule has 0 saturated carbocycles. The number of allylic oxidation sites excluding steroid dienone is 2. The minimum absolute atomic E-state index is 0.395. The molecule has 0 bridgehead atoms. The Balaban J connectivity index is 1.06. The molecule has 10 rings (SSSR count). The molecule has 8 aromatic carbocycles. The first kappa shape index (κ1) is 34.9. The quantitative estimate of drug-likeness (QED) is 0.0877. The molecule has 3 N–H and O–H groups in total. The SMILES string of the molecule is C=C(/C=C(\NC(N)c1ccccc1)c1ccc(-c2ccc(-c3nc4c5ccccc5c5ncccc5c4n3-c3cccc4ccccc34)cc2)cc1)c1ccccc1. The Morgan fingerprint density at radius 3 is 1.88 bits per heavy atom. The number of nitrogens with zero attached hydrogens (tertiary/aromatic N) is 3. The van der Waals surface area contributed by atoms with Gasteiger partial charge in [0.2, 0.25) is 0 Å². The largest absolute Gasteiger partial charge is 0.366 e. The highest BCUT2D eigenvalue weighted by Gasteiger charge is 2.22. The van der Waals surface area contributed by atoms with Gasteiger partial charge in [-0.05, 0) is 63.1 Å². The summed E-state index contributed by atoms with van der Waals surface area (Å²) in [4.78, 5) is 10.4. The molecule has 10 aromatic rings. The van der Waals surface area contributed by atoms with Crippen molar-refractivity contribution in [1.29, 1.82) is 0 Å². The molecule has 0 aliphatic rings. The van der Waals surface area contributed by atoms with Gasteiger partial charge in [0.25, 0.3) is 0 Å². The Labute approximate surface area is 337 Å². The van der Waals surface area contributed by atoms with Gasteiger partial charge in [0, 0.05) is 39.0 Å². The number of fused-ring (bicyclic) bond motifs is 7. The highest BCUT2D eigenvalue weighted by molar-refractivity contribution is 6.23. The predicted octanol–water partition coefficient (Wildman–Crippen LogP) is 12.5. The van der Waals surface area contributed by atoms with Crippen LogP contribution in [0.2, 0.25) is 0 Å². The molecule has 2 aromatic heterocycles. The van der Waals surface area contributed by atoms with E-state index in [1.54, 1.807) is 0 Å². The molecule has 5 nitrogen and oxygen atoms in total. The molecule has 1 unspecified atom stereocenters. The van der Waals surface area contributed by atoms with Crippen LogP contribution in [0.15, 0.2) is 207 Å². The maximum atomic E-state index is 6.69. The van der Waals surface area contributed by atoms with Crippen molar-refractivity contribution in [3.63, 3.8) is 0 Å². The lowest BCUT2D eigenvalue weighted by Crippen LogP contribution is -2.27. The lowest BCUT2D eigenvalue weighted by Gasteiger charge is -2.20. The zero-order valence-electron chi connectivity index (χ0n) is 31.8. The molecular formula is C53H39N5. The predicted molar refractivity (Wildman–Crippen MR) is 242 cm³/mol. The number of nitrogens with two attached hydrogens (primary N) is 1. The fourth-order valence-electron chi connectivity index (χ4n) is 8.08. The summed E-state index contributed by atoms with van der Waals surface area (Å²) in [6.07, 6.45) is 3.56. The van der Waals surface area contributed by atoms with Gasteiger partial charge in [0.15, 0.2) is 0 Å². The smallest absolute Gasteiger partial charge is 0.145 e. The van der Waals surface area contributed by atoms with Crippen LogP contribution in [0, 0.1) is 0 Å². The van der Waals surface area contributed by atoms with Crippen molar-refractivity contribution in [2.75, 3.05) is 0 Å². The zero-order chi connectivity index (χ0) is 39.0. The van der Waals surface area contributed by atoms with E-state index >= 15 is 0 Å². The van der Waals surface area contributed by atoms with Crippen LogP contribution in [0.5, 0.6) is 0 Å². The van der Waals surface area contributed by atoms with Gasteiger partial charge in [-0.1, -0.05) is 176 Å². The van der Waals surface area contributed by atoms with Crippen molar-refractivity contribution in [3.8, 4) is 28.2 Å². The first-order chi connectivity index (χ1) is 28.6. The number of nitrogens with one attached hydrogen (secondary N) is 1. The van der Waals surface area contributed by atoms with Crippen molar-refractivity contribution < 1.29 is 0 Å². The van der Waals surface area contributed by atoms with Crippen molar-refractivity contribution in [2.45, 2.75) is 6.17 Å².